The standard InChI is InChI=1S/C16H19BrN2O/c1-11-8-14(20-2)6-7-15(11)16(19-18)10-12-4-3-5-13(17)9-12/h3-9,16,19H,10,18H2,1-2H3. The Labute approximate surface area is 128 Å². The molecule has 0 radical (unpaired) electrons. The molecule has 1 unspecified atom stereocenters. The molecule has 0 aliphatic carbocycles. The van der Waals surface area contributed by atoms with Crippen LogP contribution in [0.1, 0.15) is 22.7 Å². The minimum absolute atomic E-state index is 0.0789. The van der Waals surface area contributed by atoms with E-state index in [1.807, 2.05) is 24.3 Å². The number of hydrogen-bond donors (Lipinski definition) is 2. The highest BCUT2D eigenvalue weighted by molar-refractivity contribution is 9.10. The molecule has 3 nitrogen and oxygen atoms in total. The summed E-state index contributed by atoms with van der Waals surface area (Å²) in [6.45, 7) is 2.07. The molecular weight excluding hydrogens is 316 g/mol. The minimum atomic E-state index is 0.0789. The minimum Gasteiger partial charge on any atom is -0.497 e. The van der Waals surface area contributed by atoms with Gasteiger partial charge >= 0.3 is 0 Å². The van der Waals surface area contributed by atoms with Gasteiger partial charge in [-0.05, 0) is 54.3 Å². The Balaban J connectivity index is 2.24. The number of hydrazine groups is 1. The molecule has 2 aromatic rings. The maximum Gasteiger partial charge on any atom is 0.119 e. The topological polar surface area (TPSA) is 47.3 Å². The number of methoxy groups -OCH3 is 1. The Hall–Kier alpha value is -1.36. The van der Waals surface area contributed by atoms with Crippen LogP contribution in [0.5, 0.6) is 5.75 Å². The fourth-order valence-corrected chi connectivity index (χ4v) is 2.77. The van der Waals surface area contributed by atoms with Gasteiger partial charge in [0.25, 0.3) is 0 Å². The van der Waals surface area contributed by atoms with Crippen molar-refractivity contribution in [2.45, 2.75) is 19.4 Å². The number of benzene rings is 2. The van der Waals surface area contributed by atoms with Crippen molar-refractivity contribution in [1.29, 1.82) is 0 Å². The van der Waals surface area contributed by atoms with Crippen LogP contribution >= 0.6 is 15.9 Å². The van der Waals surface area contributed by atoms with E-state index in [0.717, 1.165) is 16.6 Å². The Morgan fingerprint density at radius 3 is 2.65 bits per heavy atom. The van der Waals surface area contributed by atoms with Gasteiger partial charge in [-0.1, -0.05) is 34.1 Å². The lowest BCUT2D eigenvalue weighted by Crippen LogP contribution is -2.30. The predicted molar refractivity (Wildman–Crippen MR) is 85.6 cm³/mol. The van der Waals surface area contributed by atoms with E-state index in [0.29, 0.717) is 0 Å². The van der Waals surface area contributed by atoms with Gasteiger partial charge in [-0.3, -0.25) is 11.3 Å². The van der Waals surface area contributed by atoms with Gasteiger partial charge in [0.05, 0.1) is 13.2 Å². The molecule has 0 fully saturated rings. The highest BCUT2D eigenvalue weighted by atomic mass is 79.9. The van der Waals surface area contributed by atoms with Crippen LogP contribution in [0.15, 0.2) is 46.9 Å². The molecule has 106 valence electrons. The molecule has 0 amide bonds. The maximum absolute atomic E-state index is 5.74. The van der Waals surface area contributed by atoms with E-state index in [1.54, 1.807) is 7.11 Å². The zero-order valence-corrected chi connectivity index (χ0v) is 13.3. The highest BCUT2D eigenvalue weighted by Gasteiger charge is 2.13. The maximum atomic E-state index is 5.74. The lowest BCUT2D eigenvalue weighted by atomic mass is 9.95. The zero-order valence-electron chi connectivity index (χ0n) is 11.7. The lowest BCUT2D eigenvalue weighted by molar-refractivity contribution is 0.414. The molecule has 1 atom stereocenters. The van der Waals surface area contributed by atoms with Gasteiger partial charge in [0, 0.05) is 4.47 Å². The SMILES string of the molecule is COc1ccc(C(Cc2cccc(Br)c2)NN)c(C)c1. The third-order valence-corrected chi connectivity index (χ3v) is 3.88. The molecule has 0 aliphatic heterocycles. The van der Waals surface area contributed by atoms with Crippen LogP contribution in [0.4, 0.5) is 0 Å². The third-order valence-electron chi connectivity index (χ3n) is 3.38. The van der Waals surface area contributed by atoms with Gasteiger partial charge < -0.3 is 4.74 Å². The van der Waals surface area contributed by atoms with Gasteiger partial charge in [0.15, 0.2) is 0 Å². The van der Waals surface area contributed by atoms with E-state index in [4.69, 9.17) is 10.6 Å². The van der Waals surface area contributed by atoms with Gasteiger partial charge in [-0.15, -0.1) is 0 Å². The number of halogens is 1. The first-order valence-electron chi connectivity index (χ1n) is 6.49. The number of ether oxygens (including phenoxy) is 1. The molecule has 0 aliphatic rings. The normalized spacial score (nSPS) is 12.2. The van der Waals surface area contributed by atoms with Gasteiger partial charge in [0.2, 0.25) is 0 Å². The van der Waals surface area contributed by atoms with E-state index in [9.17, 15) is 0 Å². The smallest absolute Gasteiger partial charge is 0.119 e. The monoisotopic (exact) mass is 334 g/mol. The van der Waals surface area contributed by atoms with Crippen molar-refractivity contribution in [3.05, 3.63) is 63.6 Å². The number of aryl methyl sites for hydroxylation is 1. The fraction of sp³-hybridized carbons (Fsp3) is 0.250. The molecule has 0 saturated carbocycles. The van der Waals surface area contributed by atoms with Crippen LogP contribution in [-0.2, 0) is 6.42 Å². The fourth-order valence-electron chi connectivity index (χ4n) is 2.32. The predicted octanol–water partition coefficient (Wildman–Crippen LogP) is 3.51. The molecule has 3 N–H and O–H groups in total. The summed E-state index contributed by atoms with van der Waals surface area (Å²) in [6, 6.07) is 14.4. The largest absolute Gasteiger partial charge is 0.497 e. The molecule has 0 saturated heterocycles. The van der Waals surface area contributed by atoms with Crippen molar-refractivity contribution in [2.24, 2.45) is 5.84 Å². The zero-order chi connectivity index (χ0) is 14.5. The Morgan fingerprint density at radius 1 is 1.25 bits per heavy atom. The summed E-state index contributed by atoms with van der Waals surface area (Å²) < 4.78 is 6.32. The van der Waals surface area contributed by atoms with E-state index >= 15 is 0 Å². The van der Waals surface area contributed by atoms with E-state index in [1.165, 1.54) is 16.7 Å². The number of hydrogen-bond acceptors (Lipinski definition) is 3. The molecule has 2 aromatic carbocycles. The van der Waals surface area contributed by atoms with Crippen LogP contribution in [0.2, 0.25) is 0 Å². The summed E-state index contributed by atoms with van der Waals surface area (Å²) >= 11 is 3.50. The second-order valence-electron chi connectivity index (χ2n) is 4.78. The summed E-state index contributed by atoms with van der Waals surface area (Å²) in [5.41, 5.74) is 6.50. The van der Waals surface area contributed by atoms with Crippen LogP contribution in [0.25, 0.3) is 0 Å². The second kappa shape index (κ2) is 6.88. The molecule has 0 bridgehead atoms. The van der Waals surface area contributed by atoms with Crippen molar-refractivity contribution in [2.75, 3.05) is 7.11 Å². The van der Waals surface area contributed by atoms with E-state index in [-0.39, 0.29) is 6.04 Å². The van der Waals surface area contributed by atoms with Crippen molar-refractivity contribution in [3.8, 4) is 5.75 Å². The molecule has 0 heterocycles. The molecule has 4 heteroatoms. The Kier molecular flexibility index (Phi) is 5.17. The van der Waals surface area contributed by atoms with E-state index < -0.39 is 0 Å². The molecular formula is C16H19BrN2O. The van der Waals surface area contributed by atoms with Crippen molar-refractivity contribution < 1.29 is 4.74 Å². The van der Waals surface area contributed by atoms with Crippen molar-refractivity contribution >= 4 is 15.9 Å². The highest BCUT2D eigenvalue weighted by Crippen LogP contribution is 2.25. The summed E-state index contributed by atoms with van der Waals surface area (Å²) in [4.78, 5) is 0. The average Bonchev–Trinajstić information content (AvgIpc) is 2.45. The van der Waals surface area contributed by atoms with Crippen LogP contribution in [0.3, 0.4) is 0 Å². The lowest BCUT2D eigenvalue weighted by Gasteiger charge is -2.19. The summed E-state index contributed by atoms with van der Waals surface area (Å²) in [6.07, 6.45) is 0.836. The number of nitrogens with two attached hydrogens (primary N) is 1. The first-order valence-corrected chi connectivity index (χ1v) is 7.28. The molecule has 0 spiro atoms. The Bertz CT molecular complexity index is 586. The van der Waals surface area contributed by atoms with Crippen molar-refractivity contribution in [1.82, 2.24) is 5.43 Å². The van der Waals surface area contributed by atoms with Gasteiger partial charge in [-0.25, -0.2) is 0 Å². The second-order valence-corrected chi connectivity index (χ2v) is 5.69. The van der Waals surface area contributed by atoms with Crippen LogP contribution < -0.4 is 16.0 Å². The third kappa shape index (κ3) is 3.60. The molecule has 0 aromatic heterocycles. The quantitative estimate of drug-likeness (QED) is 0.649. The van der Waals surface area contributed by atoms with Crippen molar-refractivity contribution in [3.63, 3.8) is 0 Å². The summed E-state index contributed by atoms with van der Waals surface area (Å²) in [7, 11) is 1.68. The molecule has 20 heavy (non-hydrogen) atoms. The van der Waals surface area contributed by atoms with Gasteiger partial charge in [-0.2, -0.15) is 0 Å². The first kappa shape index (κ1) is 15.0. The number of nitrogens with one attached hydrogen (secondary N) is 1. The number of rotatable bonds is 5. The molecule has 2 rings (SSSR count). The summed E-state index contributed by atoms with van der Waals surface area (Å²) in [5, 5.41) is 0. The van der Waals surface area contributed by atoms with Crippen LogP contribution in [0, 0.1) is 6.92 Å². The Morgan fingerprint density at radius 2 is 2.05 bits per heavy atom. The average molecular weight is 335 g/mol. The van der Waals surface area contributed by atoms with Crippen LogP contribution in [-0.4, -0.2) is 7.11 Å². The first-order chi connectivity index (χ1) is 9.63. The van der Waals surface area contributed by atoms with Gasteiger partial charge in [0.1, 0.15) is 5.75 Å². The summed E-state index contributed by atoms with van der Waals surface area (Å²) in [5.74, 6) is 6.60. The van der Waals surface area contributed by atoms with E-state index in [2.05, 4.69) is 46.5 Å².